The first-order chi connectivity index (χ1) is 12.7. The fourth-order valence-electron chi connectivity index (χ4n) is 3.40. The van der Waals surface area contributed by atoms with Gasteiger partial charge in [0.05, 0.1) is 0 Å². The topological polar surface area (TPSA) is 40.6 Å². The zero-order chi connectivity index (χ0) is 18.4. The number of carbonyl (C=O) groups is 2. The molecule has 2 aromatic carbocycles. The van der Waals surface area contributed by atoms with E-state index < -0.39 is 0 Å². The summed E-state index contributed by atoms with van der Waals surface area (Å²) in [6.45, 7) is 4.82. The molecule has 0 unspecified atom stereocenters. The van der Waals surface area contributed by atoms with E-state index in [1.165, 1.54) is 0 Å². The van der Waals surface area contributed by atoms with Gasteiger partial charge in [-0.25, -0.2) is 0 Å². The number of rotatable bonds is 7. The number of likely N-dealkylation sites (tertiary alicyclic amines) is 1. The van der Waals surface area contributed by atoms with Gasteiger partial charge in [-0.1, -0.05) is 49.4 Å². The molecule has 3 rings (SSSR count). The van der Waals surface area contributed by atoms with Crippen LogP contribution in [0.2, 0.25) is 0 Å². The molecular weight excluding hydrogens is 324 g/mol. The van der Waals surface area contributed by atoms with Gasteiger partial charge >= 0.3 is 0 Å². The maximum absolute atomic E-state index is 13.0. The van der Waals surface area contributed by atoms with Crippen LogP contribution in [0.15, 0.2) is 54.6 Å². The minimum Gasteiger partial charge on any atom is -0.338 e. The number of hydrogen-bond donors (Lipinski definition) is 0. The lowest BCUT2D eigenvalue weighted by Crippen LogP contribution is -2.31. The van der Waals surface area contributed by atoms with Crippen LogP contribution < -0.4 is 0 Å². The Morgan fingerprint density at radius 1 is 1.08 bits per heavy atom. The average molecular weight is 350 g/mol. The minimum absolute atomic E-state index is 0.0466. The summed E-state index contributed by atoms with van der Waals surface area (Å²) in [4.78, 5) is 28.7. The monoisotopic (exact) mass is 350 g/mol. The van der Waals surface area contributed by atoms with Crippen molar-refractivity contribution in [2.75, 3.05) is 13.1 Å². The quantitative estimate of drug-likeness (QED) is 0.761. The van der Waals surface area contributed by atoms with Crippen molar-refractivity contribution < 1.29 is 9.59 Å². The van der Waals surface area contributed by atoms with Gasteiger partial charge in [0, 0.05) is 38.2 Å². The highest BCUT2D eigenvalue weighted by Gasteiger charge is 2.21. The largest absolute Gasteiger partial charge is 0.338 e. The van der Waals surface area contributed by atoms with Gasteiger partial charge in [-0.2, -0.15) is 0 Å². The zero-order valence-corrected chi connectivity index (χ0v) is 15.4. The smallest absolute Gasteiger partial charge is 0.254 e. The maximum Gasteiger partial charge on any atom is 0.254 e. The SMILES string of the molecule is CCCN(Cc1ccccc1)C(=O)c1cccc(CN2CCCC2=O)c1. The summed E-state index contributed by atoms with van der Waals surface area (Å²) >= 11 is 0. The van der Waals surface area contributed by atoms with Crippen LogP contribution in [0.1, 0.15) is 47.7 Å². The Hall–Kier alpha value is -2.62. The van der Waals surface area contributed by atoms with Crippen molar-refractivity contribution in [2.24, 2.45) is 0 Å². The fourth-order valence-corrected chi connectivity index (χ4v) is 3.40. The van der Waals surface area contributed by atoms with Crippen molar-refractivity contribution in [3.8, 4) is 0 Å². The molecule has 1 aliphatic rings. The van der Waals surface area contributed by atoms with Crippen molar-refractivity contribution in [2.45, 2.75) is 39.3 Å². The van der Waals surface area contributed by atoms with Crippen LogP contribution in [0.3, 0.4) is 0 Å². The molecule has 0 bridgehead atoms. The van der Waals surface area contributed by atoms with E-state index in [9.17, 15) is 9.59 Å². The van der Waals surface area contributed by atoms with E-state index in [0.717, 1.165) is 37.1 Å². The van der Waals surface area contributed by atoms with Gasteiger partial charge in [0.25, 0.3) is 5.91 Å². The molecule has 2 aromatic rings. The predicted molar refractivity (Wildman–Crippen MR) is 103 cm³/mol. The number of nitrogens with zero attached hydrogens (tertiary/aromatic N) is 2. The zero-order valence-electron chi connectivity index (χ0n) is 15.4. The minimum atomic E-state index is 0.0466. The second kappa shape index (κ2) is 8.65. The Labute approximate surface area is 155 Å². The summed E-state index contributed by atoms with van der Waals surface area (Å²) in [5.41, 5.74) is 2.84. The van der Waals surface area contributed by atoms with Crippen LogP contribution in [0, 0.1) is 0 Å². The van der Waals surface area contributed by atoms with E-state index in [0.29, 0.717) is 25.1 Å². The molecule has 4 nitrogen and oxygen atoms in total. The molecule has 4 heteroatoms. The lowest BCUT2D eigenvalue weighted by Gasteiger charge is -2.23. The molecule has 1 saturated heterocycles. The third kappa shape index (κ3) is 4.51. The third-order valence-corrected chi connectivity index (χ3v) is 4.72. The lowest BCUT2D eigenvalue weighted by atomic mass is 10.1. The molecule has 0 radical (unpaired) electrons. The highest BCUT2D eigenvalue weighted by molar-refractivity contribution is 5.94. The molecule has 1 heterocycles. The molecule has 26 heavy (non-hydrogen) atoms. The molecule has 0 saturated carbocycles. The van der Waals surface area contributed by atoms with Gasteiger partial charge < -0.3 is 9.80 Å². The highest BCUT2D eigenvalue weighted by atomic mass is 16.2. The normalized spacial score (nSPS) is 13.9. The molecule has 0 aromatic heterocycles. The van der Waals surface area contributed by atoms with Gasteiger partial charge in [0.2, 0.25) is 5.91 Å². The number of amides is 2. The first-order valence-corrected chi connectivity index (χ1v) is 9.37. The van der Waals surface area contributed by atoms with Crippen molar-refractivity contribution in [1.82, 2.24) is 9.80 Å². The molecule has 0 aliphatic carbocycles. The summed E-state index contributed by atoms with van der Waals surface area (Å²) in [5, 5.41) is 0. The predicted octanol–water partition coefficient (Wildman–Crippen LogP) is 3.86. The van der Waals surface area contributed by atoms with E-state index in [2.05, 4.69) is 6.92 Å². The van der Waals surface area contributed by atoms with E-state index in [1.54, 1.807) is 0 Å². The number of carbonyl (C=O) groups excluding carboxylic acids is 2. The Kier molecular flexibility index (Phi) is 6.05. The third-order valence-electron chi connectivity index (χ3n) is 4.72. The van der Waals surface area contributed by atoms with Gasteiger partial charge in [-0.15, -0.1) is 0 Å². The van der Waals surface area contributed by atoms with Gasteiger partial charge in [-0.3, -0.25) is 9.59 Å². The summed E-state index contributed by atoms with van der Waals surface area (Å²) in [5.74, 6) is 0.253. The van der Waals surface area contributed by atoms with Crippen LogP contribution in [-0.2, 0) is 17.9 Å². The van der Waals surface area contributed by atoms with Crippen molar-refractivity contribution in [3.63, 3.8) is 0 Å². The van der Waals surface area contributed by atoms with Crippen LogP contribution in [-0.4, -0.2) is 34.7 Å². The van der Waals surface area contributed by atoms with Crippen LogP contribution in [0.25, 0.3) is 0 Å². The van der Waals surface area contributed by atoms with Gasteiger partial charge in [-0.05, 0) is 36.1 Å². The first-order valence-electron chi connectivity index (χ1n) is 9.37. The summed E-state index contributed by atoms with van der Waals surface area (Å²) in [6.07, 6.45) is 2.49. The first kappa shape index (κ1) is 18.2. The summed E-state index contributed by atoms with van der Waals surface area (Å²) < 4.78 is 0. The van der Waals surface area contributed by atoms with Crippen molar-refractivity contribution in [3.05, 3.63) is 71.3 Å². The molecule has 2 amide bonds. The van der Waals surface area contributed by atoms with Crippen molar-refractivity contribution >= 4 is 11.8 Å². The molecule has 1 aliphatic heterocycles. The molecular formula is C22H26N2O2. The van der Waals surface area contributed by atoms with Gasteiger partial charge in [0.1, 0.15) is 0 Å². The van der Waals surface area contributed by atoms with E-state index in [-0.39, 0.29) is 11.8 Å². The standard InChI is InChI=1S/C22H26N2O2/c1-2-13-24(16-18-8-4-3-5-9-18)22(26)20-11-6-10-19(15-20)17-23-14-7-12-21(23)25/h3-6,8-11,15H,2,7,12-14,16-17H2,1H3. The van der Waals surface area contributed by atoms with Crippen LogP contribution in [0.5, 0.6) is 0 Å². The molecule has 1 fully saturated rings. The molecule has 0 N–H and O–H groups in total. The maximum atomic E-state index is 13.0. The molecule has 0 spiro atoms. The Balaban J connectivity index is 1.74. The summed E-state index contributed by atoms with van der Waals surface area (Å²) in [7, 11) is 0. The Morgan fingerprint density at radius 3 is 2.54 bits per heavy atom. The van der Waals surface area contributed by atoms with Crippen LogP contribution in [0.4, 0.5) is 0 Å². The lowest BCUT2D eigenvalue weighted by molar-refractivity contribution is -0.128. The molecule has 136 valence electrons. The second-order valence-corrected chi connectivity index (χ2v) is 6.83. The number of hydrogen-bond acceptors (Lipinski definition) is 2. The fraction of sp³-hybridized carbons (Fsp3) is 0.364. The van der Waals surface area contributed by atoms with Crippen LogP contribution >= 0.6 is 0 Å². The average Bonchev–Trinajstić information content (AvgIpc) is 3.06. The van der Waals surface area contributed by atoms with Crippen molar-refractivity contribution in [1.29, 1.82) is 0 Å². The molecule has 0 atom stereocenters. The summed E-state index contributed by atoms with van der Waals surface area (Å²) in [6, 6.07) is 17.8. The van der Waals surface area contributed by atoms with Gasteiger partial charge in [0.15, 0.2) is 0 Å². The van der Waals surface area contributed by atoms with E-state index in [1.807, 2.05) is 64.4 Å². The highest BCUT2D eigenvalue weighted by Crippen LogP contribution is 2.17. The second-order valence-electron chi connectivity index (χ2n) is 6.83. The Bertz CT molecular complexity index is 758. The number of benzene rings is 2. The van der Waals surface area contributed by atoms with E-state index in [4.69, 9.17) is 0 Å². The van der Waals surface area contributed by atoms with E-state index >= 15 is 0 Å². The Morgan fingerprint density at radius 2 is 1.85 bits per heavy atom.